The van der Waals surface area contributed by atoms with Crippen molar-refractivity contribution in [3.63, 3.8) is 0 Å². The second-order valence-electron chi connectivity index (χ2n) is 4.91. The highest BCUT2D eigenvalue weighted by molar-refractivity contribution is 7.12. The summed E-state index contributed by atoms with van der Waals surface area (Å²) < 4.78 is 2.27. The molecule has 1 aliphatic heterocycles. The maximum Gasteiger partial charge on any atom is 0.261 e. The van der Waals surface area contributed by atoms with Crippen molar-refractivity contribution in [2.75, 3.05) is 13.6 Å². The number of nitrogens with one attached hydrogen (secondary N) is 1. The van der Waals surface area contributed by atoms with Crippen molar-refractivity contribution in [2.24, 2.45) is 0 Å². The molecule has 1 N–H and O–H groups in total. The molecule has 0 spiro atoms. The molecule has 0 saturated carbocycles. The van der Waals surface area contributed by atoms with Crippen LogP contribution in [0, 0.1) is 0 Å². The zero-order valence-electron chi connectivity index (χ0n) is 10.9. The number of hydrogen-bond donors (Lipinski definition) is 1. The number of hydrogen-bond acceptors (Lipinski definition) is 3. The summed E-state index contributed by atoms with van der Waals surface area (Å²) in [6.07, 6.45) is 2.11. The molecule has 3 rings (SSSR count). The summed E-state index contributed by atoms with van der Waals surface area (Å²) in [7, 11) is 2.11. The number of carbonyl (C=O) groups excluding carboxylic acids is 1. The summed E-state index contributed by atoms with van der Waals surface area (Å²) in [5.41, 5.74) is 1.34. The van der Waals surface area contributed by atoms with Crippen LogP contribution in [0.4, 0.5) is 0 Å². The zero-order chi connectivity index (χ0) is 13.2. The summed E-state index contributed by atoms with van der Waals surface area (Å²) in [6, 6.07) is 8.34. The number of fused-ring (bicyclic) bond motifs is 1. The van der Waals surface area contributed by atoms with Crippen LogP contribution < -0.4 is 5.32 Å². The van der Waals surface area contributed by atoms with Crippen LogP contribution in [0.2, 0.25) is 0 Å². The molecule has 1 amide bonds. The van der Waals surface area contributed by atoms with E-state index in [0.29, 0.717) is 12.6 Å². The van der Waals surface area contributed by atoms with Crippen LogP contribution in [0.25, 0.3) is 0 Å². The molecule has 5 heteroatoms. The topological polar surface area (TPSA) is 37.3 Å². The monoisotopic (exact) mass is 275 g/mol. The van der Waals surface area contributed by atoms with Crippen LogP contribution in [0.1, 0.15) is 15.4 Å². The molecule has 0 bridgehead atoms. The van der Waals surface area contributed by atoms with Gasteiger partial charge in [0.25, 0.3) is 5.91 Å². The minimum Gasteiger partial charge on any atom is -0.350 e. The van der Waals surface area contributed by atoms with E-state index in [0.717, 1.165) is 18.0 Å². The van der Waals surface area contributed by atoms with E-state index in [1.54, 1.807) is 0 Å². The largest absolute Gasteiger partial charge is 0.350 e. The van der Waals surface area contributed by atoms with Crippen molar-refractivity contribution in [1.82, 2.24) is 14.8 Å². The van der Waals surface area contributed by atoms with Crippen molar-refractivity contribution in [1.29, 1.82) is 0 Å². The molecule has 3 heterocycles. The molecule has 0 aliphatic carbocycles. The lowest BCUT2D eigenvalue weighted by Gasteiger charge is -2.34. The molecule has 0 fully saturated rings. The normalized spacial score (nSPS) is 19.1. The maximum atomic E-state index is 11.9. The highest BCUT2D eigenvalue weighted by Gasteiger charge is 2.23. The Bertz CT molecular complexity index is 561. The Morgan fingerprint density at radius 1 is 1.47 bits per heavy atom. The second-order valence-corrected chi connectivity index (χ2v) is 5.86. The number of likely N-dealkylation sites (N-methyl/N-ethyl adjacent to an activating group) is 1. The number of carbonyl (C=O) groups is 1. The zero-order valence-corrected chi connectivity index (χ0v) is 11.7. The number of nitrogens with zero attached hydrogens (tertiary/aromatic N) is 2. The van der Waals surface area contributed by atoms with Gasteiger partial charge < -0.3 is 9.88 Å². The van der Waals surface area contributed by atoms with Gasteiger partial charge in [-0.15, -0.1) is 11.3 Å². The van der Waals surface area contributed by atoms with Gasteiger partial charge in [-0.2, -0.15) is 0 Å². The predicted molar refractivity (Wildman–Crippen MR) is 76.3 cm³/mol. The quantitative estimate of drug-likeness (QED) is 0.927. The molecular formula is C14H17N3OS. The number of rotatable bonds is 3. The van der Waals surface area contributed by atoms with Gasteiger partial charge in [0, 0.05) is 37.6 Å². The first-order valence-electron chi connectivity index (χ1n) is 6.40. The fraction of sp³-hybridized carbons (Fsp3) is 0.357. The molecule has 100 valence electrons. The maximum absolute atomic E-state index is 11.9. The Labute approximate surface area is 116 Å². The van der Waals surface area contributed by atoms with E-state index < -0.39 is 0 Å². The fourth-order valence-corrected chi connectivity index (χ4v) is 3.09. The Kier molecular flexibility index (Phi) is 3.40. The Hall–Kier alpha value is -1.59. The molecule has 1 atom stereocenters. The molecule has 0 aromatic carbocycles. The number of thiophene rings is 1. The average molecular weight is 275 g/mol. The standard InChI is InChI=1S/C14H17N3OS/c1-16-9-11-4-2-6-17(11)10-12(16)8-15-14(18)13-5-3-7-19-13/h2-7,12H,8-10H2,1H3,(H,15,18). The van der Waals surface area contributed by atoms with Crippen LogP contribution in [0.15, 0.2) is 35.8 Å². The Balaban J connectivity index is 1.60. The molecule has 1 aliphatic rings. The van der Waals surface area contributed by atoms with Gasteiger partial charge in [0.15, 0.2) is 0 Å². The van der Waals surface area contributed by atoms with E-state index in [-0.39, 0.29) is 5.91 Å². The summed E-state index contributed by atoms with van der Waals surface area (Å²) >= 11 is 1.48. The van der Waals surface area contributed by atoms with Crippen molar-refractivity contribution in [3.05, 3.63) is 46.4 Å². The predicted octanol–water partition coefficient (Wildman–Crippen LogP) is 1.79. The first-order valence-corrected chi connectivity index (χ1v) is 7.28. The smallest absolute Gasteiger partial charge is 0.261 e. The number of amides is 1. The highest BCUT2D eigenvalue weighted by Crippen LogP contribution is 2.16. The van der Waals surface area contributed by atoms with Gasteiger partial charge in [-0.05, 0) is 30.6 Å². The third-order valence-corrected chi connectivity index (χ3v) is 4.48. The lowest BCUT2D eigenvalue weighted by atomic mass is 10.2. The van der Waals surface area contributed by atoms with Crippen molar-refractivity contribution >= 4 is 17.2 Å². The van der Waals surface area contributed by atoms with Crippen LogP contribution in [-0.4, -0.2) is 35.0 Å². The highest BCUT2D eigenvalue weighted by atomic mass is 32.1. The lowest BCUT2D eigenvalue weighted by molar-refractivity contribution is 0.0929. The lowest BCUT2D eigenvalue weighted by Crippen LogP contribution is -2.47. The average Bonchev–Trinajstić information content (AvgIpc) is 3.06. The molecule has 4 nitrogen and oxygen atoms in total. The first kappa shape index (κ1) is 12.4. The Morgan fingerprint density at radius 2 is 2.37 bits per heavy atom. The van der Waals surface area contributed by atoms with Gasteiger partial charge in [-0.3, -0.25) is 9.69 Å². The van der Waals surface area contributed by atoms with Gasteiger partial charge >= 0.3 is 0 Å². The van der Waals surface area contributed by atoms with Crippen LogP contribution in [-0.2, 0) is 13.1 Å². The van der Waals surface area contributed by atoms with Gasteiger partial charge in [0.2, 0.25) is 0 Å². The van der Waals surface area contributed by atoms with Crippen molar-refractivity contribution in [2.45, 2.75) is 19.1 Å². The van der Waals surface area contributed by atoms with Crippen molar-refractivity contribution in [3.8, 4) is 0 Å². The van der Waals surface area contributed by atoms with E-state index in [1.807, 2.05) is 17.5 Å². The summed E-state index contributed by atoms with van der Waals surface area (Å²) in [5.74, 6) is 0.0294. The minimum atomic E-state index is 0.0294. The van der Waals surface area contributed by atoms with Crippen LogP contribution in [0.5, 0.6) is 0 Å². The Morgan fingerprint density at radius 3 is 3.16 bits per heavy atom. The molecule has 0 radical (unpaired) electrons. The summed E-state index contributed by atoms with van der Waals surface area (Å²) in [4.78, 5) is 15.0. The molecule has 19 heavy (non-hydrogen) atoms. The first-order chi connectivity index (χ1) is 9.24. The fourth-order valence-electron chi connectivity index (χ4n) is 2.45. The van der Waals surface area contributed by atoms with Crippen LogP contribution >= 0.6 is 11.3 Å². The second kappa shape index (κ2) is 5.19. The summed E-state index contributed by atoms with van der Waals surface area (Å²) in [5, 5.41) is 4.95. The van der Waals surface area contributed by atoms with E-state index >= 15 is 0 Å². The molecule has 2 aromatic rings. The van der Waals surface area contributed by atoms with Crippen LogP contribution in [0.3, 0.4) is 0 Å². The molecule has 0 saturated heterocycles. The summed E-state index contributed by atoms with van der Waals surface area (Å²) in [6.45, 7) is 2.56. The van der Waals surface area contributed by atoms with E-state index in [1.165, 1.54) is 17.0 Å². The van der Waals surface area contributed by atoms with Gasteiger partial charge in [-0.25, -0.2) is 0 Å². The van der Waals surface area contributed by atoms with Crippen molar-refractivity contribution < 1.29 is 4.79 Å². The molecular weight excluding hydrogens is 258 g/mol. The third kappa shape index (κ3) is 2.57. The third-order valence-electron chi connectivity index (χ3n) is 3.61. The molecule has 1 unspecified atom stereocenters. The van der Waals surface area contributed by atoms with E-state index in [4.69, 9.17) is 0 Å². The SMILES string of the molecule is CN1Cc2cccn2CC1CNC(=O)c1cccs1. The van der Waals surface area contributed by atoms with E-state index in [2.05, 4.69) is 40.2 Å². The minimum absolute atomic E-state index is 0.0294. The molecule has 2 aromatic heterocycles. The van der Waals surface area contributed by atoms with Gasteiger partial charge in [-0.1, -0.05) is 6.07 Å². The van der Waals surface area contributed by atoms with Gasteiger partial charge in [0.05, 0.1) is 4.88 Å². The number of aromatic nitrogens is 1. The van der Waals surface area contributed by atoms with E-state index in [9.17, 15) is 4.79 Å². The van der Waals surface area contributed by atoms with Gasteiger partial charge in [0.1, 0.15) is 0 Å².